The first-order valence-corrected chi connectivity index (χ1v) is 7.52. The molecule has 0 bridgehead atoms. The summed E-state index contributed by atoms with van der Waals surface area (Å²) in [6, 6.07) is 10.0. The van der Waals surface area contributed by atoms with Crippen molar-refractivity contribution in [2.75, 3.05) is 18.8 Å². The van der Waals surface area contributed by atoms with Crippen LogP contribution >= 0.6 is 11.8 Å². The van der Waals surface area contributed by atoms with Gasteiger partial charge in [-0.05, 0) is 24.6 Å². The first-order valence-electron chi connectivity index (χ1n) is 6.47. The molecule has 1 aromatic carbocycles. The highest BCUT2D eigenvalue weighted by Gasteiger charge is 2.13. The molecule has 1 atom stereocenters. The van der Waals surface area contributed by atoms with Crippen molar-refractivity contribution in [1.82, 2.24) is 4.90 Å². The van der Waals surface area contributed by atoms with E-state index in [2.05, 4.69) is 0 Å². The molecule has 0 unspecified atom stereocenters. The van der Waals surface area contributed by atoms with E-state index in [1.54, 1.807) is 23.9 Å². The number of carbonyl (C=O) groups is 1. The number of nitriles is 2. The summed E-state index contributed by atoms with van der Waals surface area (Å²) in [5, 5.41) is 17.4. The van der Waals surface area contributed by atoms with Gasteiger partial charge in [-0.15, -0.1) is 0 Å². The van der Waals surface area contributed by atoms with E-state index in [9.17, 15) is 9.18 Å². The van der Waals surface area contributed by atoms with E-state index >= 15 is 0 Å². The van der Waals surface area contributed by atoms with Crippen LogP contribution in [-0.4, -0.2) is 29.6 Å². The van der Waals surface area contributed by atoms with Gasteiger partial charge in [0.1, 0.15) is 18.9 Å². The first-order chi connectivity index (χ1) is 10.1. The van der Waals surface area contributed by atoms with Crippen LogP contribution in [0.3, 0.4) is 0 Å². The number of nitrogens with zero attached hydrogens (tertiary/aromatic N) is 3. The van der Waals surface area contributed by atoms with Gasteiger partial charge in [0.15, 0.2) is 0 Å². The van der Waals surface area contributed by atoms with Gasteiger partial charge >= 0.3 is 0 Å². The largest absolute Gasteiger partial charge is 0.316 e. The van der Waals surface area contributed by atoms with Crippen LogP contribution in [0, 0.1) is 28.5 Å². The van der Waals surface area contributed by atoms with Crippen LogP contribution in [0.5, 0.6) is 0 Å². The molecule has 0 radical (unpaired) electrons. The van der Waals surface area contributed by atoms with Crippen molar-refractivity contribution < 1.29 is 9.18 Å². The molecule has 0 fully saturated rings. The van der Waals surface area contributed by atoms with Crippen LogP contribution < -0.4 is 0 Å². The van der Waals surface area contributed by atoms with E-state index in [1.807, 2.05) is 19.1 Å². The second kappa shape index (κ2) is 8.99. The molecule has 0 spiro atoms. The minimum absolute atomic E-state index is 0.0649. The lowest BCUT2D eigenvalue weighted by Crippen LogP contribution is -2.31. The van der Waals surface area contributed by atoms with Gasteiger partial charge in [0.2, 0.25) is 5.91 Å². The molecule has 21 heavy (non-hydrogen) atoms. The smallest absolute Gasteiger partial charge is 0.225 e. The summed E-state index contributed by atoms with van der Waals surface area (Å²) >= 11 is 1.58. The van der Waals surface area contributed by atoms with E-state index in [0.717, 1.165) is 5.56 Å². The van der Waals surface area contributed by atoms with Gasteiger partial charge in [-0.2, -0.15) is 22.3 Å². The number of carbonyl (C=O) groups excluding carboxylic acids is 1. The highest BCUT2D eigenvalue weighted by Crippen LogP contribution is 2.28. The Bertz CT molecular complexity index is 532. The fourth-order valence-corrected chi connectivity index (χ4v) is 2.71. The topological polar surface area (TPSA) is 67.9 Å². The van der Waals surface area contributed by atoms with Gasteiger partial charge in [0.25, 0.3) is 0 Å². The molecule has 0 aliphatic heterocycles. The molecule has 1 aromatic rings. The van der Waals surface area contributed by atoms with Crippen molar-refractivity contribution in [2.24, 2.45) is 0 Å². The predicted octanol–water partition coefficient (Wildman–Crippen LogP) is 2.89. The van der Waals surface area contributed by atoms with Crippen LogP contribution in [0.4, 0.5) is 4.39 Å². The summed E-state index contributed by atoms with van der Waals surface area (Å²) in [7, 11) is 0. The highest BCUT2D eigenvalue weighted by atomic mass is 32.2. The molecule has 6 heteroatoms. The van der Waals surface area contributed by atoms with Crippen LogP contribution in [0.25, 0.3) is 0 Å². The molecule has 0 aliphatic carbocycles. The zero-order chi connectivity index (χ0) is 15.7. The fraction of sp³-hybridized carbons (Fsp3) is 0.400. The summed E-state index contributed by atoms with van der Waals surface area (Å²) in [5.74, 6) is 0.122. The summed E-state index contributed by atoms with van der Waals surface area (Å²) in [6.07, 6.45) is 0.277. The SMILES string of the molecule is C[C@@H](SCCC(=O)N(CC#N)CC#N)c1ccc(F)cc1. The third-order valence-corrected chi connectivity index (χ3v) is 4.11. The Balaban J connectivity index is 2.42. The normalized spacial score (nSPS) is 11.2. The van der Waals surface area contributed by atoms with Crippen molar-refractivity contribution >= 4 is 17.7 Å². The average molecular weight is 305 g/mol. The molecular weight excluding hydrogens is 289 g/mol. The third-order valence-electron chi connectivity index (χ3n) is 2.90. The van der Waals surface area contributed by atoms with E-state index in [-0.39, 0.29) is 36.5 Å². The minimum Gasteiger partial charge on any atom is -0.316 e. The maximum absolute atomic E-state index is 12.8. The molecule has 0 heterocycles. The molecule has 110 valence electrons. The Hall–Kier alpha value is -2.05. The minimum atomic E-state index is -0.269. The second-order valence-corrected chi connectivity index (χ2v) is 5.83. The number of halogens is 1. The van der Waals surface area contributed by atoms with Crippen molar-refractivity contribution in [1.29, 1.82) is 10.5 Å². The molecule has 4 nitrogen and oxygen atoms in total. The lowest BCUT2D eigenvalue weighted by molar-refractivity contribution is -0.129. The van der Waals surface area contributed by atoms with Gasteiger partial charge < -0.3 is 4.90 Å². The maximum atomic E-state index is 12.8. The number of thioether (sulfide) groups is 1. The van der Waals surface area contributed by atoms with Gasteiger partial charge in [0.05, 0.1) is 12.1 Å². The van der Waals surface area contributed by atoms with E-state index in [4.69, 9.17) is 10.5 Å². The molecule has 0 aliphatic rings. The van der Waals surface area contributed by atoms with E-state index < -0.39 is 0 Å². The van der Waals surface area contributed by atoms with Crippen LogP contribution in [0.2, 0.25) is 0 Å². The zero-order valence-electron chi connectivity index (χ0n) is 11.8. The first kappa shape index (κ1) is 17.0. The fourth-order valence-electron chi connectivity index (χ4n) is 1.71. The number of benzene rings is 1. The van der Waals surface area contributed by atoms with Crippen LogP contribution in [-0.2, 0) is 4.79 Å². The second-order valence-electron chi connectivity index (χ2n) is 4.38. The van der Waals surface area contributed by atoms with Crippen molar-refractivity contribution in [3.8, 4) is 12.1 Å². The summed E-state index contributed by atoms with van der Waals surface area (Å²) in [4.78, 5) is 13.1. The lowest BCUT2D eigenvalue weighted by Gasteiger charge is -2.16. The Morgan fingerprint density at radius 1 is 1.29 bits per heavy atom. The Labute approximate surface area is 128 Å². The molecular formula is C15H16FN3OS. The van der Waals surface area contributed by atoms with Gasteiger partial charge in [-0.25, -0.2) is 4.39 Å². The number of amides is 1. The quantitative estimate of drug-likeness (QED) is 0.726. The Kier molecular flexibility index (Phi) is 7.28. The zero-order valence-corrected chi connectivity index (χ0v) is 12.6. The van der Waals surface area contributed by atoms with Gasteiger partial charge in [-0.1, -0.05) is 12.1 Å². The molecule has 0 aromatic heterocycles. The number of hydrogen-bond donors (Lipinski definition) is 0. The monoisotopic (exact) mass is 305 g/mol. The molecule has 0 saturated heterocycles. The molecule has 0 saturated carbocycles. The third kappa shape index (κ3) is 5.85. The predicted molar refractivity (Wildman–Crippen MR) is 79.7 cm³/mol. The van der Waals surface area contributed by atoms with Gasteiger partial charge in [-0.3, -0.25) is 4.79 Å². The molecule has 1 amide bonds. The van der Waals surface area contributed by atoms with Crippen LogP contribution in [0.15, 0.2) is 24.3 Å². The maximum Gasteiger partial charge on any atom is 0.225 e. The standard InChI is InChI=1S/C15H16FN3OS/c1-12(13-2-4-14(16)5-3-13)21-11-6-15(20)19(9-7-17)10-8-18/h2-5,12H,6,9-11H2,1H3/t12-/m1/s1. The molecule has 1 rings (SSSR count). The van der Waals surface area contributed by atoms with Crippen molar-refractivity contribution in [3.63, 3.8) is 0 Å². The summed E-state index contributed by atoms with van der Waals surface area (Å²) in [5.41, 5.74) is 1.000. The van der Waals surface area contributed by atoms with Gasteiger partial charge in [0, 0.05) is 17.4 Å². The van der Waals surface area contributed by atoms with Crippen molar-refractivity contribution in [3.05, 3.63) is 35.6 Å². The average Bonchev–Trinajstić information content (AvgIpc) is 2.47. The number of hydrogen-bond acceptors (Lipinski definition) is 4. The molecule has 0 N–H and O–H groups in total. The van der Waals surface area contributed by atoms with E-state index in [0.29, 0.717) is 5.75 Å². The summed E-state index contributed by atoms with van der Waals surface area (Å²) in [6.45, 7) is 1.86. The summed E-state index contributed by atoms with van der Waals surface area (Å²) < 4.78 is 12.8. The Morgan fingerprint density at radius 3 is 2.38 bits per heavy atom. The Morgan fingerprint density at radius 2 is 1.86 bits per heavy atom. The van der Waals surface area contributed by atoms with Crippen LogP contribution in [0.1, 0.15) is 24.2 Å². The highest BCUT2D eigenvalue weighted by molar-refractivity contribution is 7.99. The number of rotatable bonds is 7. The van der Waals surface area contributed by atoms with E-state index in [1.165, 1.54) is 17.0 Å². The lowest BCUT2D eigenvalue weighted by atomic mass is 10.2. The van der Waals surface area contributed by atoms with Crippen molar-refractivity contribution in [2.45, 2.75) is 18.6 Å².